The molecule has 4 nitrogen and oxygen atoms in total. The van der Waals surface area contributed by atoms with Crippen LogP contribution in [-0.4, -0.2) is 29.1 Å². The van der Waals surface area contributed by atoms with Crippen LogP contribution in [0.5, 0.6) is 0 Å². The standard InChI is InChI=1S/C11H14N2O2/c14-11(15)10-7-13-6-9(10)4-8-2-1-3-12-5-8/h1-3,5,9-10,13H,4,6-7H2,(H,14,15). The van der Waals surface area contributed by atoms with Gasteiger partial charge in [-0.25, -0.2) is 0 Å². The van der Waals surface area contributed by atoms with E-state index in [0.717, 1.165) is 18.5 Å². The van der Waals surface area contributed by atoms with E-state index in [4.69, 9.17) is 5.11 Å². The highest BCUT2D eigenvalue weighted by Gasteiger charge is 2.32. The van der Waals surface area contributed by atoms with E-state index >= 15 is 0 Å². The first-order chi connectivity index (χ1) is 7.27. The molecule has 2 heterocycles. The van der Waals surface area contributed by atoms with Crippen molar-refractivity contribution in [2.45, 2.75) is 6.42 Å². The van der Waals surface area contributed by atoms with E-state index in [0.29, 0.717) is 6.54 Å². The minimum Gasteiger partial charge on any atom is -0.481 e. The van der Waals surface area contributed by atoms with Gasteiger partial charge in [0.2, 0.25) is 0 Å². The van der Waals surface area contributed by atoms with Crippen molar-refractivity contribution in [3.05, 3.63) is 30.1 Å². The molecule has 1 fully saturated rings. The van der Waals surface area contributed by atoms with Crippen LogP contribution in [0.1, 0.15) is 5.56 Å². The van der Waals surface area contributed by atoms with Gasteiger partial charge >= 0.3 is 5.97 Å². The van der Waals surface area contributed by atoms with Crippen LogP contribution < -0.4 is 5.32 Å². The summed E-state index contributed by atoms with van der Waals surface area (Å²) in [6, 6.07) is 3.87. The average molecular weight is 206 g/mol. The van der Waals surface area contributed by atoms with Crippen molar-refractivity contribution < 1.29 is 9.90 Å². The second-order valence-corrected chi connectivity index (χ2v) is 3.93. The number of nitrogens with one attached hydrogen (secondary N) is 1. The molecular formula is C11H14N2O2. The van der Waals surface area contributed by atoms with Crippen LogP contribution >= 0.6 is 0 Å². The topological polar surface area (TPSA) is 62.2 Å². The highest BCUT2D eigenvalue weighted by atomic mass is 16.4. The molecule has 2 rings (SSSR count). The van der Waals surface area contributed by atoms with Gasteiger partial charge in [0.1, 0.15) is 0 Å². The van der Waals surface area contributed by atoms with Crippen LogP contribution in [0, 0.1) is 11.8 Å². The molecule has 1 aliphatic rings. The number of carboxylic acid groups (broad SMARTS) is 1. The maximum absolute atomic E-state index is 10.9. The second kappa shape index (κ2) is 4.40. The van der Waals surface area contributed by atoms with Gasteiger partial charge in [-0.05, 0) is 30.5 Å². The molecule has 1 aliphatic heterocycles. The van der Waals surface area contributed by atoms with Crippen molar-refractivity contribution in [3.8, 4) is 0 Å². The van der Waals surface area contributed by atoms with Crippen LogP contribution in [0.15, 0.2) is 24.5 Å². The molecule has 1 aromatic rings. The quantitative estimate of drug-likeness (QED) is 0.758. The van der Waals surface area contributed by atoms with E-state index in [2.05, 4.69) is 10.3 Å². The summed E-state index contributed by atoms with van der Waals surface area (Å²) in [5.74, 6) is -0.772. The third-order valence-electron chi connectivity index (χ3n) is 2.88. The summed E-state index contributed by atoms with van der Waals surface area (Å²) in [6.45, 7) is 1.37. The molecule has 0 bridgehead atoms. The largest absolute Gasteiger partial charge is 0.481 e. The fourth-order valence-electron chi connectivity index (χ4n) is 2.06. The molecule has 1 saturated heterocycles. The molecular weight excluding hydrogens is 192 g/mol. The second-order valence-electron chi connectivity index (χ2n) is 3.93. The number of rotatable bonds is 3. The first-order valence-electron chi connectivity index (χ1n) is 5.10. The molecule has 0 radical (unpaired) electrons. The Labute approximate surface area is 88.3 Å². The van der Waals surface area contributed by atoms with E-state index in [-0.39, 0.29) is 11.8 Å². The van der Waals surface area contributed by atoms with Crippen molar-refractivity contribution in [1.29, 1.82) is 0 Å². The molecule has 4 heteroatoms. The molecule has 0 aliphatic carbocycles. The lowest BCUT2D eigenvalue weighted by atomic mass is 9.90. The van der Waals surface area contributed by atoms with Gasteiger partial charge in [-0.3, -0.25) is 9.78 Å². The Morgan fingerprint density at radius 2 is 2.47 bits per heavy atom. The number of hydrogen-bond donors (Lipinski definition) is 2. The number of pyridine rings is 1. The molecule has 15 heavy (non-hydrogen) atoms. The van der Waals surface area contributed by atoms with Crippen molar-refractivity contribution in [2.24, 2.45) is 11.8 Å². The highest BCUT2D eigenvalue weighted by molar-refractivity contribution is 5.71. The summed E-state index contributed by atoms with van der Waals surface area (Å²) >= 11 is 0. The molecule has 1 aromatic heterocycles. The van der Waals surface area contributed by atoms with Crippen LogP contribution in [0.4, 0.5) is 0 Å². The van der Waals surface area contributed by atoms with Crippen molar-refractivity contribution in [1.82, 2.24) is 10.3 Å². The third kappa shape index (κ3) is 2.33. The number of carbonyl (C=O) groups is 1. The van der Waals surface area contributed by atoms with Crippen molar-refractivity contribution >= 4 is 5.97 Å². The number of hydrogen-bond acceptors (Lipinski definition) is 3. The predicted octanol–water partition coefficient (Wildman–Crippen LogP) is 0.544. The summed E-state index contributed by atoms with van der Waals surface area (Å²) in [5.41, 5.74) is 1.11. The maximum Gasteiger partial charge on any atom is 0.308 e. The summed E-state index contributed by atoms with van der Waals surface area (Å²) in [4.78, 5) is 15.0. The van der Waals surface area contributed by atoms with E-state index in [1.807, 2.05) is 12.1 Å². The van der Waals surface area contributed by atoms with Gasteiger partial charge in [-0.2, -0.15) is 0 Å². The highest BCUT2D eigenvalue weighted by Crippen LogP contribution is 2.21. The summed E-state index contributed by atoms with van der Waals surface area (Å²) in [6.07, 6.45) is 4.32. The van der Waals surface area contributed by atoms with E-state index in [1.165, 1.54) is 0 Å². The Hall–Kier alpha value is -1.42. The van der Waals surface area contributed by atoms with Gasteiger partial charge in [0.05, 0.1) is 5.92 Å². The van der Waals surface area contributed by atoms with E-state index in [9.17, 15) is 4.79 Å². The van der Waals surface area contributed by atoms with Crippen LogP contribution in [-0.2, 0) is 11.2 Å². The molecule has 2 atom stereocenters. The normalized spacial score (nSPS) is 25.3. The summed E-state index contributed by atoms with van der Waals surface area (Å²) in [5, 5.41) is 12.1. The molecule has 0 amide bonds. The zero-order chi connectivity index (χ0) is 10.7. The fourth-order valence-corrected chi connectivity index (χ4v) is 2.06. The summed E-state index contributed by atoms with van der Waals surface area (Å²) in [7, 11) is 0. The molecule has 0 aromatic carbocycles. The monoisotopic (exact) mass is 206 g/mol. The fraction of sp³-hybridized carbons (Fsp3) is 0.455. The zero-order valence-corrected chi connectivity index (χ0v) is 8.39. The Morgan fingerprint density at radius 3 is 3.13 bits per heavy atom. The predicted molar refractivity (Wildman–Crippen MR) is 55.4 cm³/mol. The Balaban J connectivity index is 2.03. The van der Waals surface area contributed by atoms with Crippen LogP contribution in [0.3, 0.4) is 0 Å². The molecule has 0 saturated carbocycles. The Morgan fingerprint density at radius 1 is 1.60 bits per heavy atom. The SMILES string of the molecule is O=C(O)C1CNCC1Cc1cccnc1. The molecule has 2 unspecified atom stereocenters. The first-order valence-corrected chi connectivity index (χ1v) is 5.10. The van der Waals surface area contributed by atoms with Crippen molar-refractivity contribution in [3.63, 3.8) is 0 Å². The first kappa shape index (κ1) is 10.1. The lowest BCUT2D eigenvalue weighted by molar-refractivity contribution is -0.142. The third-order valence-corrected chi connectivity index (χ3v) is 2.88. The summed E-state index contributed by atoms with van der Waals surface area (Å²) < 4.78 is 0. The van der Waals surface area contributed by atoms with Gasteiger partial charge < -0.3 is 10.4 Å². The van der Waals surface area contributed by atoms with Gasteiger partial charge in [0.15, 0.2) is 0 Å². The Kier molecular flexibility index (Phi) is 2.97. The zero-order valence-electron chi connectivity index (χ0n) is 8.39. The minimum atomic E-state index is -0.700. The maximum atomic E-state index is 10.9. The lowest BCUT2D eigenvalue weighted by Crippen LogP contribution is -2.23. The van der Waals surface area contributed by atoms with Gasteiger partial charge in [0.25, 0.3) is 0 Å². The number of aromatic nitrogens is 1. The van der Waals surface area contributed by atoms with Gasteiger partial charge in [0, 0.05) is 18.9 Å². The number of aliphatic carboxylic acids is 1. The van der Waals surface area contributed by atoms with Gasteiger partial charge in [-0.15, -0.1) is 0 Å². The Bertz CT molecular complexity index is 340. The lowest BCUT2D eigenvalue weighted by Gasteiger charge is -2.13. The minimum absolute atomic E-state index is 0.187. The number of nitrogens with zero attached hydrogens (tertiary/aromatic N) is 1. The van der Waals surface area contributed by atoms with Gasteiger partial charge in [-0.1, -0.05) is 6.07 Å². The smallest absolute Gasteiger partial charge is 0.308 e. The molecule has 80 valence electrons. The molecule has 2 N–H and O–H groups in total. The van der Waals surface area contributed by atoms with E-state index < -0.39 is 5.97 Å². The number of carboxylic acids is 1. The average Bonchev–Trinajstić information content (AvgIpc) is 2.67. The van der Waals surface area contributed by atoms with Crippen LogP contribution in [0.25, 0.3) is 0 Å². The molecule has 0 spiro atoms. The van der Waals surface area contributed by atoms with Crippen molar-refractivity contribution in [2.75, 3.05) is 13.1 Å². The van der Waals surface area contributed by atoms with Crippen LogP contribution in [0.2, 0.25) is 0 Å². The van der Waals surface area contributed by atoms with E-state index in [1.54, 1.807) is 12.4 Å².